The van der Waals surface area contributed by atoms with Gasteiger partial charge < -0.3 is 5.11 Å². The quantitative estimate of drug-likeness (QED) is 0.881. The van der Waals surface area contributed by atoms with E-state index in [4.69, 9.17) is 0 Å². The third-order valence-corrected chi connectivity index (χ3v) is 5.57. The second-order valence-corrected chi connectivity index (χ2v) is 7.68. The summed E-state index contributed by atoms with van der Waals surface area (Å²) >= 11 is 1.48. The van der Waals surface area contributed by atoms with Gasteiger partial charge in [0.05, 0.1) is 28.7 Å². The van der Waals surface area contributed by atoms with E-state index >= 15 is 0 Å². The molecule has 114 valence electrons. The van der Waals surface area contributed by atoms with Crippen molar-refractivity contribution >= 4 is 21.4 Å². The molecule has 1 aromatic carbocycles. The highest BCUT2D eigenvalue weighted by Gasteiger charge is 2.18. The van der Waals surface area contributed by atoms with E-state index in [1.807, 2.05) is 19.2 Å². The fraction of sp³-hybridized carbons (Fsp3) is 0.357. The SMILES string of the molecule is Cc1nc(CNS(=O)(=O)c2cc(CO)c(C)cc2C)cs1. The van der Waals surface area contributed by atoms with Gasteiger partial charge in [-0.1, -0.05) is 6.07 Å². The smallest absolute Gasteiger partial charge is 0.241 e. The van der Waals surface area contributed by atoms with Gasteiger partial charge in [0, 0.05) is 5.38 Å². The van der Waals surface area contributed by atoms with Crippen molar-refractivity contribution in [3.05, 3.63) is 44.9 Å². The fourth-order valence-electron chi connectivity index (χ4n) is 2.07. The summed E-state index contributed by atoms with van der Waals surface area (Å²) in [6.45, 7) is 5.45. The number of thiazole rings is 1. The summed E-state index contributed by atoms with van der Waals surface area (Å²) in [6.07, 6.45) is 0. The summed E-state index contributed by atoms with van der Waals surface area (Å²) in [4.78, 5) is 4.43. The fourth-order valence-corrected chi connectivity index (χ4v) is 3.96. The van der Waals surface area contributed by atoms with Crippen LogP contribution in [0.2, 0.25) is 0 Å². The van der Waals surface area contributed by atoms with E-state index in [2.05, 4.69) is 9.71 Å². The van der Waals surface area contributed by atoms with Gasteiger partial charge in [0.1, 0.15) is 0 Å². The Hall–Kier alpha value is -1.28. The monoisotopic (exact) mass is 326 g/mol. The molecule has 0 atom stereocenters. The number of aryl methyl sites for hydroxylation is 3. The van der Waals surface area contributed by atoms with Crippen molar-refractivity contribution in [3.8, 4) is 0 Å². The maximum Gasteiger partial charge on any atom is 0.241 e. The number of benzene rings is 1. The maximum atomic E-state index is 12.4. The molecular formula is C14H18N2O3S2. The van der Waals surface area contributed by atoms with Gasteiger partial charge >= 0.3 is 0 Å². The Morgan fingerprint density at radius 2 is 1.95 bits per heavy atom. The predicted molar refractivity (Wildman–Crippen MR) is 82.7 cm³/mol. The number of nitrogens with zero attached hydrogens (tertiary/aromatic N) is 1. The van der Waals surface area contributed by atoms with E-state index in [-0.39, 0.29) is 18.0 Å². The van der Waals surface area contributed by atoms with E-state index in [0.717, 1.165) is 10.6 Å². The summed E-state index contributed by atoms with van der Waals surface area (Å²) < 4.78 is 27.3. The summed E-state index contributed by atoms with van der Waals surface area (Å²) in [7, 11) is -3.63. The lowest BCUT2D eigenvalue weighted by atomic mass is 10.1. The second-order valence-electron chi connectivity index (χ2n) is 4.88. The highest BCUT2D eigenvalue weighted by Crippen LogP contribution is 2.21. The van der Waals surface area contributed by atoms with Crippen LogP contribution in [0.15, 0.2) is 22.4 Å². The van der Waals surface area contributed by atoms with Crippen LogP contribution in [-0.2, 0) is 23.2 Å². The van der Waals surface area contributed by atoms with E-state index in [0.29, 0.717) is 16.8 Å². The molecule has 5 nitrogen and oxygen atoms in total. The minimum Gasteiger partial charge on any atom is -0.392 e. The van der Waals surface area contributed by atoms with Gasteiger partial charge in [0.25, 0.3) is 0 Å². The Bertz CT molecular complexity index is 752. The summed E-state index contributed by atoms with van der Waals surface area (Å²) in [6, 6.07) is 3.30. The average molecular weight is 326 g/mol. The van der Waals surface area contributed by atoms with Crippen molar-refractivity contribution in [2.75, 3.05) is 0 Å². The van der Waals surface area contributed by atoms with Gasteiger partial charge in [-0.05, 0) is 43.5 Å². The van der Waals surface area contributed by atoms with Crippen LogP contribution < -0.4 is 4.72 Å². The zero-order valence-corrected chi connectivity index (χ0v) is 13.8. The zero-order valence-electron chi connectivity index (χ0n) is 12.2. The first-order chi connectivity index (χ1) is 9.83. The van der Waals surface area contributed by atoms with Crippen molar-refractivity contribution in [2.24, 2.45) is 0 Å². The van der Waals surface area contributed by atoms with Crippen LogP contribution in [0.4, 0.5) is 0 Å². The van der Waals surface area contributed by atoms with E-state index in [1.54, 1.807) is 13.0 Å². The number of nitrogens with one attached hydrogen (secondary N) is 1. The minimum absolute atomic E-state index is 0.161. The Labute approximate surface area is 128 Å². The maximum absolute atomic E-state index is 12.4. The first kappa shape index (κ1) is 16.1. The third-order valence-electron chi connectivity index (χ3n) is 3.20. The van der Waals surface area contributed by atoms with Gasteiger partial charge in [-0.15, -0.1) is 11.3 Å². The average Bonchev–Trinajstić information content (AvgIpc) is 2.82. The Morgan fingerprint density at radius 1 is 1.24 bits per heavy atom. The molecule has 0 spiro atoms. The first-order valence-corrected chi connectivity index (χ1v) is 8.81. The molecule has 0 saturated heterocycles. The highest BCUT2D eigenvalue weighted by atomic mass is 32.2. The van der Waals surface area contributed by atoms with Gasteiger partial charge in [-0.25, -0.2) is 18.1 Å². The predicted octanol–water partition coefficient (Wildman–Crippen LogP) is 2.04. The molecule has 0 amide bonds. The first-order valence-electron chi connectivity index (χ1n) is 6.45. The Morgan fingerprint density at radius 3 is 2.52 bits per heavy atom. The lowest BCUT2D eigenvalue weighted by molar-refractivity contribution is 0.280. The van der Waals surface area contributed by atoms with Crippen molar-refractivity contribution < 1.29 is 13.5 Å². The Kier molecular flexibility index (Phi) is 4.77. The zero-order chi connectivity index (χ0) is 15.6. The number of aliphatic hydroxyl groups excluding tert-OH is 1. The van der Waals surface area contributed by atoms with Crippen LogP contribution in [0, 0.1) is 20.8 Å². The van der Waals surface area contributed by atoms with E-state index in [9.17, 15) is 13.5 Å². The van der Waals surface area contributed by atoms with Gasteiger partial charge in [0.15, 0.2) is 0 Å². The van der Waals surface area contributed by atoms with Crippen LogP contribution in [0.25, 0.3) is 0 Å². The molecule has 0 unspecified atom stereocenters. The lowest BCUT2D eigenvalue weighted by Gasteiger charge is -2.12. The summed E-state index contributed by atoms with van der Waals surface area (Å²) in [5.74, 6) is 0. The number of aromatic nitrogens is 1. The van der Waals surface area contributed by atoms with Gasteiger partial charge in [-0.2, -0.15) is 0 Å². The Balaban J connectivity index is 2.27. The van der Waals surface area contributed by atoms with Crippen molar-refractivity contribution in [1.82, 2.24) is 9.71 Å². The highest BCUT2D eigenvalue weighted by molar-refractivity contribution is 7.89. The number of sulfonamides is 1. The third kappa shape index (κ3) is 3.68. The molecule has 21 heavy (non-hydrogen) atoms. The van der Waals surface area contributed by atoms with Crippen LogP contribution in [-0.4, -0.2) is 18.5 Å². The molecule has 1 aromatic heterocycles. The van der Waals surface area contributed by atoms with Gasteiger partial charge in [0.2, 0.25) is 10.0 Å². The molecular weight excluding hydrogens is 308 g/mol. The molecule has 0 fully saturated rings. The van der Waals surface area contributed by atoms with E-state index < -0.39 is 10.0 Å². The molecule has 0 aliphatic heterocycles. The molecule has 7 heteroatoms. The summed E-state index contributed by atoms with van der Waals surface area (Å²) in [5, 5.41) is 12.0. The summed E-state index contributed by atoms with van der Waals surface area (Å²) in [5.41, 5.74) is 2.86. The van der Waals surface area contributed by atoms with Crippen molar-refractivity contribution in [3.63, 3.8) is 0 Å². The van der Waals surface area contributed by atoms with Crippen molar-refractivity contribution in [1.29, 1.82) is 0 Å². The van der Waals surface area contributed by atoms with Crippen LogP contribution in [0.5, 0.6) is 0 Å². The number of aliphatic hydroxyl groups is 1. The topological polar surface area (TPSA) is 79.3 Å². The molecule has 0 bridgehead atoms. The normalized spacial score (nSPS) is 11.8. The molecule has 2 rings (SSSR count). The largest absolute Gasteiger partial charge is 0.392 e. The van der Waals surface area contributed by atoms with Crippen molar-refractivity contribution in [2.45, 2.75) is 38.8 Å². The molecule has 0 saturated carbocycles. The minimum atomic E-state index is -3.63. The molecule has 0 radical (unpaired) electrons. The second kappa shape index (κ2) is 6.23. The van der Waals surface area contributed by atoms with E-state index in [1.165, 1.54) is 17.4 Å². The molecule has 0 aliphatic carbocycles. The molecule has 2 aromatic rings. The van der Waals surface area contributed by atoms with Crippen LogP contribution in [0.3, 0.4) is 0 Å². The number of hydrogen-bond donors (Lipinski definition) is 2. The molecule has 1 heterocycles. The van der Waals surface area contributed by atoms with Crippen LogP contribution >= 0.6 is 11.3 Å². The lowest BCUT2D eigenvalue weighted by Crippen LogP contribution is -2.24. The standard InChI is InChI=1S/C14H18N2O3S2/c1-9-4-10(2)14(5-12(9)7-17)21(18,19)15-6-13-8-20-11(3)16-13/h4-5,8,15,17H,6-7H2,1-3H3. The molecule has 2 N–H and O–H groups in total. The number of hydrogen-bond acceptors (Lipinski definition) is 5. The van der Waals surface area contributed by atoms with Gasteiger partial charge in [-0.3, -0.25) is 0 Å². The van der Waals surface area contributed by atoms with Crippen LogP contribution in [0.1, 0.15) is 27.4 Å². The number of rotatable bonds is 5. The molecule has 0 aliphatic rings.